The van der Waals surface area contributed by atoms with E-state index in [4.69, 9.17) is 11.6 Å². The minimum Gasteiger partial charge on any atom is -0.324 e. The van der Waals surface area contributed by atoms with Crippen LogP contribution in [0.15, 0.2) is 47.9 Å². The summed E-state index contributed by atoms with van der Waals surface area (Å²) in [7, 11) is 0. The Hall–Kier alpha value is -2.77. The van der Waals surface area contributed by atoms with Crippen molar-refractivity contribution in [3.63, 3.8) is 0 Å². The molecule has 4 rings (SSSR count). The van der Waals surface area contributed by atoms with Crippen molar-refractivity contribution in [2.24, 2.45) is 0 Å². The predicted octanol–water partition coefficient (Wildman–Crippen LogP) is 4.67. The number of aryl methyl sites for hydroxylation is 3. The lowest BCUT2D eigenvalue weighted by Gasteiger charge is -2.40. The van der Waals surface area contributed by atoms with Crippen molar-refractivity contribution in [3.05, 3.63) is 69.6 Å². The molecular formula is C23H22ClN3O3S. The molecule has 2 heterocycles. The molecule has 2 atom stereocenters. The van der Waals surface area contributed by atoms with Crippen LogP contribution in [-0.2, 0) is 9.59 Å². The van der Waals surface area contributed by atoms with Crippen LogP contribution in [0.25, 0.3) is 0 Å². The van der Waals surface area contributed by atoms with E-state index in [1.54, 1.807) is 35.7 Å². The summed E-state index contributed by atoms with van der Waals surface area (Å²) in [5.41, 5.74) is 4.17. The van der Waals surface area contributed by atoms with Crippen molar-refractivity contribution in [3.8, 4) is 0 Å². The van der Waals surface area contributed by atoms with Crippen molar-refractivity contribution in [1.29, 1.82) is 0 Å². The van der Waals surface area contributed by atoms with Gasteiger partial charge in [-0.2, -0.15) is 0 Å². The second-order valence-electron chi connectivity index (χ2n) is 7.76. The first-order valence-electron chi connectivity index (χ1n) is 9.86. The molecule has 8 heteroatoms. The van der Waals surface area contributed by atoms with Crippen LogP contribution < -0.4 is 10.2 Å². The number of hydrogen-bond acceptors (Lipinski definition) is 4. The molecule has 31 heavy (non-hydrogen) atoms. The van der Waals surface area contributed by atoms with Gasteiger partial charge in [0.2, 0.25) is 5.91 Å². The number of carbonyl (C=O) groups excluding carboxylic acids is 3. The summed E-state index contributed by atoms with van der Waals surface area (Å²) in [6.45, 7) is 5.72. The normalized spacial score (nSPS) is 20.3. The standard InChI is InChI=1S/C23H22ClN3O3S/c1-13-9-14(2)20(15(3)10-13)25-19(28)12-26-18-7-8-31-21(18)22(29)27(23(26)30)17-6-4-5-16(24)11-17/h4-11,18,21H,12H2,1-3H3,(H,25,28). The summed E-state index contributed by atoms with van der Waals surface area (Å²) >= 11 is 7.43. The predicted molar refractivity (Wildman–Crippen MR) is 125 cm³/mol. The number of hydrogen-bond donors (Lipinski definition) is 1. The Morgan fingerprint density at radius 3 is 2.52 bits per heavy atom. The van der Waals surface area contributed by atoms with Gasteiger partial charge in [0.25, 0.3) is 5.91 Å². The van der Waals surface area contributed by atoms with Crippen LogP contribution in [0.1, 0.15) is 16.7 Å². The first-order valence-corrected chi connectivity index (χ1v) is 11.2. The fourth-order valence-electron chi connectivity index (χ4n) is 4.08. The van der Waals surface area contributed by atoms with Gasteiger partial charge in [0.1, 0.15) is 11.8 Å². The number of halogens is 1. The zero-order chi connectivity index (χ0) is 22.3. The van der Waals surface area contributed by atoms with E-state index in [2.05, 4.69) is 5.32 Å². The van der Waals surface area contributed by atoms with Crippen molar-refractivity contribution in [2.75, 3.05) is 16.8 Å². The van der Waals surface area contributed by atoms with Crippen LogP contribution >= 0.6 is 23.4 Å². The number of nitrogens with zero attached hydrogens (tertiary/aromatic N) is 2. The first kappa shape index (κ1) is 21.5. The molecule has 0 radical (unpaired) electrons. The molecule has 6 nitrogen and oxygen atoms in total. The van der Waals surface area contributed by atoms with Crippen LogP contribution in [0.2, 0.25) is 5.02 Å². The molecule has 2 aromatic carbocycles. The van der Waals surface area contributed by atoms with Crippen LogP contribution in [0, 0.1) is 20.8 Å². The Labute approximate surface area is 190 Å². The zero-order valence-electron chi connectivity index (χ0n) is 17.4. The minimum atomic E-state index is -0.534. The Balaban J connectivity index is 1.60. The molecular weight excluding hydrogens is 434 g/mol. The number of fused-ring (bicyclic) bond motifs is 1. The maximum atomic E-state index is 13.3. The Bertz CT molecular complexity index is 1090. The maximum Gasteiger partial charge on any atom is 0.332 e. The third kappa shape index (κ3) is 4.07. The molecule has 1 fully saturated rings. The lowest BCUT2D eigenvalue weighted by molar-refractivity contribution is -0.121. The molecule has 2 aliphatic heterocycles. The number of rotatable bonds is 4. The number of benzene rings is 2. The number of amides is 4. The SMILES string of the molecule is Cc1cc(C)c(NC(=O)CN2C(=O)N(c3cccc(Cl)c3)C(=O)C3SC=CC32)c(C)c1. The molecule has 0 bridgehead atoms. The highest BCUT2D eigenvalue weighted by Gasteiger charge is 2.48. The molecule has 0 aromatic heterocycles. The molecule has 2 aliphatic rings. The molecule has 1 saturated heterocycles. The van der Waals surface area contributed by atoms with Crippen molar-refractivity contribution < 1.29 is 14.4 Å². The topological polar surface area (TPSA) is 69.7 Å². The van der Waals surface area contributed by atoms with Gasteiger partial charge < -0.3 is 10.2 Å². The average molecular weight is 456 g/mol. The second-order valence-corrected chi connectivity index (χ2v) is 9.25. The van der Waals surface area contributed by atoms with Crippen LogP contribution in [0.5, 0.6) is 0 Å². The van der Waals surface area contributed by atoms with Gasteiger partial charge in [-0.3, -0.25) is 9.59 Å². The number of thioether (sulfide) groups is 1. The first-order chi connectivity index (χ1) is 14.8. The monoisotopic (exact) mass is 455 g/mol. The molecule has 0 spiro atoms. The van der Waals surface area contributed by atoms with E-state index in [9.17, 15) is 14.4 Å². The van der Waals surface area contributed by atoms with E-state index in [0.717, 1.165) is 27.3 Å². The number of urea groups is 1. The molecule has 0 aliphatic carbocycles. The lowest BCUT2D eigenvalue weighted by atomic mass is 10.0. The van der Waals surface area contributed by atoms with E-state index in [-0.39, 0.29) is 18.4 Å². The third-order valence-electron chi connectivity index (χ3n) is 5.39. The van der Waals surface area contributed by atoms with Crippen molar-refractivity contribution >= 4 is 52.6 Å². The van der Waals surface area contributed by atoms with Gasteiger partial charge in [-0.25, -0.2) is 9.69 Å². The van der Waals surface area contributed by atoms with Gasteiger partial charge in [-0.15, -0.1) is 11.8 Å². The Morgan fingerprint density at radius 2 is 1.84 bits per heavy atom. The summed E-state index contributed by atoms with van der Waals surface area (Å²) < 4.78 is 0. The highest BCUT2D eigenvalue weighted by Crippen LogP contribution is 2.36. The number of nitrogens with one attached hydrogen (secondary N) is 1. The van der Waals surface area contributed by atoms with Crippen molar-refractivity contribution in [1.82, 2.24) is 4.90 Å². The highest BCUT2D eigenvalue weighted by molar-refractivity contribution is 8.03. The van der Waals surface area contributed by atoms with E-state index >= 15 is 0 Å². The summed E-state index contributed by atoms with van der Waals surface area (Å²) in [4.78, 5) is 41.8. The van der Waals surface area contributed by atoms with Crippen LogP contribution in [-0.4, -0.2) is 40.6 Å². The summed E-state index contributed by atoms with van der Waals surface area (Å²) in [5, 5.41) is 4.68. The molecule has 2 aromatic rings. The fraction of sp³-hybridized carbons (Fsp3) is 0.261. The van der Waals surface area contributed by atoms with Crippen LogP contribution in [0.4, 0.5) is 16.2 Å². The van der Waals surface area contributed by atoms with E-state index < -0.39 is 17.3 Å². The molecule has 160 valence electrons. The largest absolute Gasteiger partial charge is 0.332 e. The number of imide groups is 1. The second kappa shape index (κ2) is 8.40. The van der Waals surface area contributed by atoms with Gasteiger partial charge in [-0.05, 0) is 55.5 Å². The van der Waals surface area contributed by atoms with E-state index in [1.165, 1.54) is 16.7 Å². The summed E-state index contributed by atoms with van der Waals surface area (Å²) in [5.74, 6) is -0.623. The maximum absolute atomic E-state index is 13.3. The molecule has 0 saturated carbocycles. The van der Waals surface area contributed by atoms with Gasteiger partial charge in [0, 0.05) is 10.7 Å². The van der Waals surface area contributed by atoms with E-state index in [1.807, 2.05) is 32.9 Å². The summed E-state index contributed by atoms with van der Waals surface area (Å²) in [6, 6.07) is 9.59. The van der Waals surface area contributed by atoms with Crippen LogP contribution in [0.3, 0.4) is 0 Å². The summed E-state index contributed by atoms with van der Waals surface area (Å²) in [6.07, 6.45) is 1.80. The average Bonchev–Trinajstić information content (AvgIpc) is 3.18. The smallest absolute Gasteiger partial charge is 0.324 e. The Morgan fingerprint density at radius 1 is 1.13 bits per heavy atom. The van der Waals surface area contributed by atoms with Gasteiger partial charge in [-0.1, -0.05) is 41.4 Å². The number of carbonyl (C=O) groups is 3. The third-order valence-corrected chi connectivity index (χ3v) is 6.72. The van der Waals surface area contributed by atoms with Crippen molar-refractivity contribution in [2.45, 2.75) is 32.1 Å². The molecule has 1 N–H and O–H groups in total. The Kier molecular flexibility index (Phi) is 5.81. The number of anilines is 2. The highest BCUT2D eigenvalue weighted by atomic mass is 35.5. The minimum absolute atomic E-state index is 0.165. The lowest BCUT2D eigenvalue weighted by Crippen LogP contribution is -2.63. The fourth-order valence-corrected chi connectivity index (χ4v) is 5.30. The molecule has 2 unspecified atom stereocenters. The van der Waals surface area contributed by atoms with Gasteiger partial charge in [0.15, 0.2) is 0 Å². The quantitative estimate of drug-likeness (QED) is 0.727. The van der Waals surface area contributed by atoms with Gasteiger partial charge >= 0.3 is 6.03 Å². The van der Waals surface area contributed by atoms with E-state index in [0.29, 0.717) is 10.7 Å². The molecule has 4 amide bonds. The van der Waals surface area contributed by atoms with Gasteiger partial charge in [0.05, 0.1) is 11.7 Å². The zero-order valence-corrected chi connectivity index (χ0v) is 19.0.